The van der Waals surface area contributed by atoms with E-state index in [0.717, 1.165) is 0 Å². The van der Waals surface area contributed by atoms with Gasteiger partial charge >= 0.3 is 0 Å². The Balaban J connectivity index is 1.57. The number of rotatable bonds is 3. The Kier molecular flexibility index (Phi) is 3.90. The summed E-state index contributed by atoms with van der Waals surface area (Å²) in [5, 5.41) is 3.79. The highest BCUT2D eigenvalue weighted by Gasteiger charge is 2.37. The summed E-state index contributed by atoms with van der Waals surface area (Å²) in [6.45, 7) is 7.10. The highest BCUT2D eigenvalue weighted by atomic mass is 15.2. The molecule has 2 heteroatoms. The van der Waals surface area contributed by atoms with E-state index in [4.69, 9.17) is 0 Å². The predicted molar refractivity (Wildman–Crippen MR) is 80.5 cm³/mol. The zero-order valence-electron chi connectivity index (χ0n) is 12.1. The molecule has 1 aliphatic heterocycles. The Morgan fingerprint density at radius 1 is 1.21 bits per heavy atom. The van der Waals surface area contributed by atoms with Gasteiger partial charge in [0.1, 0.15) is 0 Å². The third-order valence-corrected chi connectivity index (χ3v) is 4.97. The predicted octanol–water partition coefficient (Wildman–Crippen LogP) is 2.76. The third kappa shape index (κ3) is 3.01. The molecule has 2 fully saturated rings. The molecule has 0 amide bonds. The summed E-state index contributed by atoms with van der Waals surface area (Å²) in [4.78, 5) is 2.67. The molecule has 1 aromatic rings. The fourth-order valence-corrected chi connectivity index (χ4v) is 3.79. The summed E-state index contributed by atoms with van der Waals surface area (Å²) in [6.07, 6.45) is 6.79. The average Bonchev–Trinajstić information content (AvgIpc) is 2.86. The molecule has 1 saturated heterocycles. The highest BCUT2D eigenvalue weighted by Crippen LogP contribution is 2.31. The molecule has 0 bridgehead atoms. The molecule has 0 unspecified atom stereocenters. The van der Waals surface area contributed by atoms with Gasteiger partial charge in [-0.2, -0.15) is 0 Å². The van der Waals surface area contributed by atoms with Crippen molar-refractivity contribution in [2.75, 3.05) is 26.2 Å². The van der Waals surface area contributed by atoms with Crippen LogP contribution in [0.25, 0.3) is 0 Å². The van der Waals surface area contributed by atoms with Crippen LogP contribution in [-0.4, -0.2) is 36.6 Å². The molecule has 1 spiro atoms. The lowest BCUT2D eigenvalue weighted by atomic mass is 9.94. The van der Waals surface area contributed by atoms with E-state index in [-0.39, 0.29) is 0 Å². The van der Waals surface area contributed by atoms with E-state index < -0.39 is 0 Å². The van der Waals surface area contributed by atoms with Crippen molar-refractivity contribution in [2.45, 2.75) is 44.6 Å². The van der Waals surface area contributed by atoms with Crippen molar-refractivity contribution in [3.63, 3.8) is 0 Å². The molecule has 0 atom stereocenters. The minimum Gasteiger partial charge on any atom is -0.309 e. The summed E-state index contributed by atoms with van der Waals surface area (Å²) < 4.78 is 0. The van der Waals surface area contributed by atoms with Crippen LogP contribution in [0.4, 0.5) is 0 Å². The van der Waals surface area contributed by atoms with Gasteiger partial charge in [0, 0.05) is 31.7 Å². The second-order valence-electron chi connectivity index (χ2n) is 6.37. The molecular weight excluding hydrogens is 232 g/mol. The van der Waals surface area contributed by atoms with Gasteiger partial charge in [0.15, 0.2) is 0 Å². The minimum absolute atomic E-state index is 0.462. The largest absolute Gasteiger partial charge is 0.309 e. The fraction of sp³-hybridized carbons (Fsp3) is 0.647. The molecule has 1 aromatic carbocycles. The number of hydrogen-bond acceptors (Lipinski definition) is 2. The van der Waals surface area contributed by atoms with Gasteiger partial charge < -0.3 is 5.32 Å². The number of piperazine rings is 1. The molecule has 0 aromatic heterocycles. The van der Waals surface area contributed by atoms with Crippen LogP contribution in [0.2, 0.25) is 0 Å². The van der Waals surface area contributed by atoms with Gasteiger partial charge in [-0.3, -0.25) is 4.90 Å². The summed E-state index contributed by atoms with van der Waals surface area (Å²) in [5.74, 6) is 0. The lowest BCUT2D eigenvalue weighted by Crippen LogP contribution is -2.59. The number of aryl methyl sites for hydroxylation is 1. The summed E-state index contributed by atoms with van der Waals surface area (Å²) >= 11 is 0. The van der Waals surface area contributed by atoms with Crippen molar-refractivity contribution < 1.29 is 0 Å². The fourth-order valence-electron chi connectivity index (χ4n) is 3.79. The van der Waals surface area contributed by atoms with Gasteiger partial charge in [-0.15, -0.1) is 0 Å². The summed E-state index contributed by atoms with van der Waals surface area (Å²) in [6, 6.07) is 8.81. The van der Waals surface area contributed by atoms with Crippen molar-refractivity contribution in [1.29, 1.82) is 0 Å². The minimum atomic E-state index is 0.462. The van der Waals surface area contributed by atoms with Crippen LogP contribution in [-0.2, 0) is 6.42 Å². The molecule has 1 aliphatic carbocycles. The Morgan fingerprint density at radius 2 is 2.00 bits per heavy atom. The summed E-state index contributed by atoms with van der Waals surface area (Å²) in [5.41, 5.74) is 3.42. The second kappa shape index (κ2) is 5.64. The average molecular weight is 258 g/mol. The van der Waals surface area contributed by atoms with Gasteiger partial charge in [-0.25, -0.2) is 0 Å². The molecule has 2 nitrogen and oxygen atoms in total. The van der Waals surface area contributed by atoms with Gasteiger partial charge in [0.05, 0.1) is 0 Å². The zero-order valence-corrected chi connectivity index (χ0v) is 12.1. The van der Waals surface area contributed by atoms with E-state index >= 15 is 0 Å². The molecule has 19 heavy (non-hydrogen) atoms. The molecule has 104 valence electrons. The van der Waals surface area contributed by atoms with Crippen molar-refractivity contribution >= 4 is 0 Å². The maximum absolute atomic E-state index is 3.79. The topological polar surface area (TPSA) is 15.3 Å². The van der Waals surface area contributed by atoms with E-state index in [1.807, 2.05) is 0 Å². The first kappa shape index (κ1) is 13.1. The van der Waals surface area contributed by atoms with Crippen LogP contribution in [0, 0.1) is 6.92 Å². The Labute approximate surface area is 117 Å². The van der Waals surface area contributed by atoms with Gasteiger partial charge in [0.2, 0.25) is 0 Å². The Bertz CT molecular complexity index is 421. The van der Waals surface area contributed by atoms with E-state index in [1.165, 1.54) is 69.4 Å². The van der Waals surface area contributed by atoms with E-state index in [2.05, 4.69) is 41.4 Å². The number of nitrogens with one attached hydrogen (secondary N) is 1. The van der Waals surface area contributed by atoms with Crippen LogP contribution >= 0.6 is 0 Å². The van der Waals surface area contributed by atoms with Crippen LogP contribution in [0.15, 0.2) is 24.3 Å². The first-order valence-electron chi connectivity index (χ1n) is 7.79. The van der Waals surface area contributed by atoms with Gasteiger partial charge in [-0.05, 0) is 37.3 Å². The first-order chi connectivity index (χ1) is 9.27. The van der Waals surface area contributed by atoms with Gasteiger partial charge in [0.25, 0.3) is 0 Å². The Hall–Kier alpha value is -0.860. The molecular formula is C17H26N2. The van der Waals surface area contributed by atoms with Crippen molar-refractivity contribution in [2.24, 2.45) is 0 Å². The lowest BCUT2D eigenvalue weighted by Gasteiger charge is -2.41. The molecule has 1 heterocycles. The van der Waals surface area contributed by atoms with E-state index in [1.54, 1.807) is 0 Å². The third-order valence-electron chi connectivity index (χ3n) is 4.97. The van der Waals surface area contributed by atoms with Crippen LogP contribution in [0.1, 0.15) is 36.8 Å². The van der Waals surface area contributed by atoms with Crippen LogP contribution < -0.4 is 5.32 Å². The molecule has 1 saturated carbocycles. The van der Waals surface area contributed by atoms with Crippen molar-refractivity contribution in [3.05, 3.63) is 35.4 Å². The number of benzene rings is 1. The first-order valence-corrected chi connectivity index (χ1v) is 7.79. The van der Waals surface area contributed by atoms with E-state index in [9.17, 15) is 0 Å². The lowest BCUT2D eigenvalue weighted by molar-refractivity contribution is 0.136. The Morgan fingerprint density at radius 3 is 2.79 bits per heavy atom. The molecule has 0 radical (unpaired) electrons. The normalized spacial score (nSPS) is 23.0. The standard InChI is InChI=1S/C17H26N2/c1-15-6-2-3-7-16(15)8-12-19-13-11-18-17(14-19)9-4-5-10-17/h2-3,6-7,18H,4-5,8-14H2,1H3. The smallest absolute Gasteiger partial charge is 0.0309 e. The maximum atomic E-state index is 3.79. The highest BCUT2D eigenvalue weighted by molar-refractivity contribution is 5.25. The SMILES string of the molecule is Cc1ccccc1CCN1CCNC2(CCCC2)C1. The molecule has 3 rings (SSSR count). The number of hydrogen-bond donors (Lipinski definition) is 1. The second-order valence-corrected chi connectivity index (χ2v) is 6.37. The number of nitrogens with zero attached hydrogens (tertiary/aromatic N) is 1. The van der Waals surface area contributed by atoms with Gasteiger partial charge in [-0.1, -0.05) is 37.1 Å². The van der Waals surface area contributed by atoms with E-state index in [0.29, 0.717) is 5.54 Å². The zero-order chi connectivity index (χ0) is 13.1. The van der Waals surface area contributed by atoms with Crippen LogP contribution in [0.3, 0.4) is 0 Å². The maximum Gasteiger partial charge on any atom is 0.0309 e. The molecule has 2 aliphatic rings. The quantitative estimate of drug-likeness (QED) is 0.897. The van der Waals surface area contributed by atoms with Crippen molar-refractivity contribution in [3.8, 4) is 0 Å². The van der Waals surface area contributed by atoms with Crippen LogP contribution in [0.5, 0.6) is 0 Å². The molecule has 1 N–H and O–H groups in total. The van der Waals surface area contributed by atoms with Crippen molar-refractivity contribution in [1.82, 2.24) is 10.2 Å². The monoisotopic (exact) mass is 258 g/mol. The summed E-state index contributed by atoms with van der Waals surface area (Å²) in [7, 11) is 0.